The fourth-order valence-electron chi connectivity index (χ4n) is 1.30. The lowest BCUT2D eigenvalue weighted by Gasteiger charge is -2.00. The van der Waals surface area contributed by atoms with E-state index in [1.165, 1.54) is 4.68 Å². The summed E-state index contributed by atoms with van der Waals surface area (Å²) in [6, 6.07) is 7.76. The van der Waals surface area contributed by atoms with Gasteiger partial charge in [-0.25, -0.2) is 4.68 Å². The number of rotatable bonds is 2. The molecular weight excluding hydrogens is 230 g/mol. The van der Waals surface area contributed by atoms with Crippen LogP contribution in [-0.4, -0.2) is 15.7 Å². The molecule has 0 aliphatic heterocycles. The molecule has 0 unspecified atom stereocenters. The van der Waals surface area contributed by atoms with E-state index < -0.39 is 5.91 Å². The minimum atomic E-state index is -0.676. The van der Waals surface area contributed by atoms with Crippen molar-refractivity contribution in [2.24, 2.45) is 5.73 Å². The van der Waals surface area contributed by atoms with Gasteiger partial charge in [0.1, 0.15) is 5.69 Å². The number of carbonyl (C=O) groups excluding carboxylic acids is 1. The maximum Gasteiger partial charge on any atom is 0.271 e. The van der Waals surface area contributed by atoms with Crippen molar-refractivity contribution in [3.8, 4) is 5.69 Å². The number of benzene rings is 1. The summed E-state index contributed by atoms with van der Waals surface area (Å²) in [5.41, 5.74) is 5.36. The van der Waals surface area contributed by atoms with Crippen LogP contribution in [0, 0.1) is 0 Å². The Morgan fingerprint density at radius 1 is 1.31 bits per heavy atom. The summed E-state index contributed by atoms with van der Waals surface area (Å²) in [5.74, 6) is -0.676. The minimum Gasteiger partial charge on any atom is -0.364 e. The molecular formula is C10H8ClN3O2. The molecule has 0 fully saturated rings. The molecule has 5 nitrogen and oxygen atoms in total. The van der Waals surface area contributed by atoms with Crippen molar-refractivity contribution in [3.05, 3.63) is 51.4 Å². The lowest BCUT2D eigenvalue weighted by atomic mass is 10.3. The first-order valence-electron chi connectivity index (χ1n) is 4.46. The van der Waals surface area contributed by atoms with Gasteiger partial charge in [-0.3, -0.25) is 14.7 Å². The Bertz CT molecular complexity index is 583. The van der Waals surface area contributed by atoms with Crippen molar-refractivity contribution in [1.82, 2.24) is 9.78 Å². The molecule has 1 aromatic carbocycles. The third-order valence-electron chi connectivity index (χ3n) is 2.07. The van der Waals surface area contributed by atoms with Crippen LogP contribution in [0.25, 0.3) is 5.69 Å². The number of amides is 1. The van der Waals surface area contributed by atoms with Crippen molar-refractivity contribution in [2.75, 3.05) is 0 Å². The molecule has 16 heavy (non-hydrogen) atoms. The third-order valence-corrected chi connectivity index (χ3v) is 2.32. The molecule has 0 aliphatic rings. The highest BCUT2D eigenvalue weighted by atomic mass is 35.5. The average molecular weight is 238 g/mol. The second-order valence-corrected chi connectivity index (χ2v) is 3.62. The number of carbonyl (C=O) groups is 1. The molecule has 0 spiro atoms. The van der Waals surface area contributed by atoms with Gasteiger partial charge in [0.2, 0.25) is 0 Å². The van der Waals surface area contributed by atoms with Crippen LogP contribution in [0.4, 0.5) is 0 Å². The Kier molecular flexibility index (Phi) is 2.54. The Balaban J connectivity index is 2.52. The number of primary amides is 1. The van der Waals surface area contributed by atoms with E-state index in [2.05, 4.69) is 5.10 Å². The van der Waals surface area contributed by atoms with Gasteiger partial charge >= 0.3 is 0 Å². The van der Waals surface area contributed by atoms with Crippen LogP contribution in [0.2, 0.25) is 5.02 Å². The van der Waals surface area contributed by atoms with Gasteiger partial charge < -0.3 is 5.73 Å². The second-order valence-electron chi connectivity index (χ2n) is 3.18. The highest BCUT2D eigenvalue weighted by molar-refractivity contribution is 6.30. The van der Waals surface area contributed by atoms with Gasteiger partial charge in [-0.2, -0.15) is 0 Å². The van der Waals surface area contributed by atoms with E-state index >= 15 is 0 Å². The molecule has 1 amide bonds. The van der Waals surface area contributed by atoms with Gasteiger partial charge in [-0.1, -0.05) is 11.6 Å². The van der Waals surface area contributed by atoms with Crippen LogP contribution in [0.3, 0.4) is 0 Å². The van der Waals surface area contributed by atoms with Crippen molar-refractivity contribution in [3.63, 3.8) is 0 Å². The largest absolute Gasteiger partial charge is 0.364 e. The third kappa shape index (κ3) is 1.85. The summed E-state index contributed by atoms with van der Waals surface area (Å²) in [4.78, 5) is 22.4. The van der Waals surface area contributed by atoms with E-state index in [-0.39, 0.29) is 11.3 Å². The number of aromatic nitrogens is 2. The Morgan fingerprint density at radius 2 is 1.94 bits per heavy atom. The van der Waals surface area contributed by atoms with Crippen LogP contribution < -0.4 is 11.3 Å². The second kappa shape index (κ2) is 3.86. The first-order valence-corrected chi connectivity index (χ1v) is 4.83. The van der Waals surface area contributed by atoms with Crippen LogP contribution in [0.15, 0.2) is 35.1 Å². The lowest BCUT2D eigenvalue weighted by Crippen LogP contribution is -2.14. The fraction of sp³-hybridized carbons (Fsp3) is 0. The number of nitrogens with one attached hydrogen (secondary N) is 1. The van der Waals surface area contributed by atoms with Crippen LogP contribution >= 0.6 is 11.6 Å². The SMILES string of the molecule is NC(=O)c1cc(=O)n(-c2ccc(Cl)cc2)[nH]1. The smallest absolute Gasteiger partial charge is 0.271 e. The molecule has 1 heterocycles. The standard InChI is InChI=1S/C10H8ClN3O2/c11-6-1-3-7(4-2-6)14-9(15)5-8(13-14)10(12)16/h1-5,13H,(H2,12,16). The minimum absolute atomic E-state index is 0.0694. The molecule has 2 rings (SSSR count). The van der Waals surface area contributed by atoms with Gasteiger partial charge in [0.25, 0.3) is 11.5 Å². The lowest BCUT2D eigenvalue weighted by molar-refractivity contribution is 0.0995. The van der Waals surface area contributed by atoms with E-state index in [4.69, 9.17) is 17.3 Å². The summed E-state index contributed by atoms with van der Waals surface area (Å²) >= 11 is 5.72. The molecule has 1 aromatic heterocycles. The molecule has 2 aromatic rings. The molecule has 0 saturated carbocycles. The zero-order valence-electron chi connectivity index (χ0n) is 8.11. The zero-order valence-corrected chi connectivity index (χ0v) is 8.86. The summed E-state index contributed by atoms with van der Waals surface area (Å²) in [5, 5.41) is 3.17. The fourth-order valence-corrected chi connectivity index (χ4v) is 1.43. The first-order chi connectivity index (χ1) is 7.58. The van der Waals surface area contributed by atoms with Gasteiger partial charge in [0.15, 0.2) is 0 Å². The van der Waals surface area contributed by atoms with Gasteiger partial charge in [-0.05, 0) is 24.3 Å². The van der Waals surface area contributed by atoms with E-state index in [9.17, 15) is 9.59 Å². The number of hydrogen-bond donors (Lipinski definition) is 2. The average Bonchev–Trinajstić information content (AvgIpc) is 2.62. The van der Waals surface area contributed by atoms with Gasteiger partial charge in [0, 0.05) is 11.1 Å². The molecule has 0 radical (unpaired) electrons. The van der Waals surface area contributed by atoms with Crippen LogP contribution in [0.5, 0.6) is 0 Å². The quantitative estimate of drug-likeness (QED) is 0.814. The van der Waals surface area contributed by atoms with E-state index in [1.807, 2.05) is 0 Å². The van der Waals surface area contributed by atoms with E-state index in [1.54, 1.807) is 24.3 Å². The van der Waals surface area contributed by atoms with Crippen molar-refractivity contribution in [1.29, 1.82) is 0 Å². The predicted molar refractivity (Wildman–Crippen MR) is 59.9 cm³/mol. The van der Waals surface area contributed by atoms with Crippen molar-refractivity contribution in [2.45, 2.75) is 0 Å². The number of nitrogens with two attached hydrogens (primary N) is 1. The van der Waals surface area contributed by atoms with Gasteiger partial charge in [0.05, 0.1) is 5.69 Å². The Labute approximate surface area is 95.4 Å². The summed E-state index contributed by atoms with van der Waals surface area (Å²) in [6.45, 7) is 0. The maximum absolute atomic E-state index is 11.5. The monoisotopic (exact) mass is 237 g/mol. The number of aromatic amines is 1. The molecule has 0 aliphatic carbocycles. The Morgan fingerprint density at radius 3 is 2.44 bits per heavy atom. The molecule has 82 valence electrons. The number of nitrogens with zero attached hydrogens (tertiary/aromatic N) is 1. The maximum atomic E-state index is 11.5. The van der Waals surface area contributed by atoms with Gasteiger partial charge in [-0.15, -0.1) is 0 Å². The number of hydrogen-bond acceptors (Lipinski definition) is 2. The summed E-state index contributed by atoms with van der Waals surface area (Å²) in [6.07, 6.45) is 0. The first kappa shape index (κ1) is 10.5. The highest BCUT2D eigenvalue weighted by Crippen LogP contribution is 2.11. The molecule has 6 heteroatoms. The van der Waals surface area contributed by atoms with Crippen molar-refractivity contribution < 1.29 is 4.79 Å². The highest BCUT2D eigenvalue weighted by Gasteiger charge is 2.08. The summed E-state index contributed by atoms with van der Waals surface area (Å²) in [7, 11) is 0. The Hall–Kier alpha value is -2.01. The summed E-state index contributed by atoms with van der Waals surface area (Å²) < 4.78 is 1.22. The van der Waals surface area contributed by atoms with E-state index in [0.29, 0.717) is 10.7 Å². The van der Waals surface area contributed by atoms with Crippen molar-refractivity contribution >= 4 is 17.5 Å². The van der Waals surface area contributed by atoms with E-state index in [0.717, 1.165) is 6.07 Å². The number of halogens is 1. The van der Waals surface area contributed by atoms with Crippen LogP contribution in [0.1, 0.15) is 10.5 Å². The normalized spacial score (nSPS) is 10.3. The molecule has 0 saturated heterocycles. The molecule has 0 bridgehead atoms. The predicted octanol–water partition coefficient (Wildman–Crippen LogP) is 0.918. The number of H-pyrrole nitrogens is 1. The van der Waals surface area contributed by atoms with Crippen LogP contribution in [-0.2, 0) is 0 Å². The topological polar surface area (TPSA) is 80.9 Å². The zero-order chi connectivity index (χ0) is 11.7. The molecule has 3 N–H and O–H groups in total. The molecule has 0 atom stereocenters.